The Morgan fingerprint density at radius 2 is 1.68 bits per heavy atom. The van der Waals surface area contributed by atoms with Crippen LogP contribution in [0.2, 0.25) is 0 Å². The molecular weight excluding hydrogens is 316 g/mol. The van der Waals surface area contributed by atoms with E-state index in [0.29, 0.717) is 17.1 Å². The molecule has 2 N–H and O–H groups in total. The summed E-state index contributed by atoms with van der Waals surface area (Å²) in [6.45, 7) is 5.72. The molecule has 2 aromatic rings. The van der Waals surface area contributed by atoms with Gasteiger partial charge in [-0.15, -0.1) is 0 Å². The number of rotatable bonds is 7. The number of allylic oxidation sites excluding steroid dienone is 2. The van der Waals surface area contributed by atoms with E-state index >= 15 is 0 Å². The van der Waals surface area contributed by atoms with E-state index in [4.69, 9.17) is 9.47 Å². The third kappa shape index (κ3) is 5.05. The van der Waals surface area contributed by atoms with Crippen molar-refractivity contribution in [3.05, 3.63) is 65.3 Å². The van der Waals surface area contributed by atoms with E-state index in [1.165, 1.54) is 7.11 Å². The first-order chi connectivity index (χ1) is 11.9. The van der Waals surface area contributed by atoms with Crippen LogP contribution in [0.4, 0.5) is 0 Å². The number of phenols is 2. The summed E-state index contributed by atoms with van der Waals surface area (Å²) in [6.07, 6.45) is 5.12. The van der Waals surface area contributed by atoms with Crippen LogP contribution in [0.3, 0.4) is 0 Å². The number of hydrogen-bond donors (Lipinski definition) is 2. The molecule has 2 aromatic carbocycles. The minimum absolute atomic E-state index is 0.114. The van der Waals surface area contributed by atoms with E-state index in [2.05, 4.69) is 6.58 Å². The summed E-state index contributed by atoms with van der Waals surface area (Å²) in [5.41, 5.74) is 3.59. The second-order valence-electron chi connectivity index (χ2n) is 5.95. The maximum Gasteiger partial charge on any atom is 0.165 e. The van der Waals surface area contributed by atoms with Gasteiger partial charge < -0.3 is 19.7 Å². The zero-order valence-corrected chi connectivity index (χ0v) is 14.9. The monoisotopic (exact) mass is 340 g/mol. The third-order valence-corrected chi connectivity index (χ3v) is 3.82. The number of aryl methyl sites for hydroxylation is 2. The Kier molecular flexibility index (Phi) is 6.12. The molecule has 0 atom stereocenters. The molecule has 4 nitrogen and oxygen atoms in total. The van der Waals surface area contributed by atoms with Crippen molar-refractivity contribution in [3.8, 4) is 23.0 Å². The van der Waals surface area contributed by atoms with E-state index in [1.807, 2.05) is 37.3 Å². The van der Waals surface area contributed by atoms with Gasteiger partial charge in [0.05, 0.1) is 14.2 Å². The molecule has 0 saturated carbocycles. The van der Waals surface area contributed by atoms with Gasteiger partial charge in [0.2, 0.25) is 0 Å². The Morgan fingerprint density at radius 1 is 1.00 bits per heavy atom. The smallest absolute Gasteiger partial charge is 0.165 e. The summed E-state index contributed by atoms with van der Waals surface area (Å²) >= 11 is 0. The van der Waals surface area contributed by atoms with Crippen molar-refractivity contribution >= 4 is 6.08 Å². The first-order valence-electron chi connectivity index (χ1n) is 8.03. The average Bonchev–Trinajstić information content (AvgIpc) is 2.58. The molecule has 4 heteroatoms. The molecule has 0 spiro atoms. The molecule has 0 radical (unpaired) electrons. The number of methoxy groups -OCH3 is 2. The van der Waals surface area contributed by atoms with Crippen LogP contribution in [-0.2, 0) is 12.8 Å². The summed E-state index contributed by atoms with van der Waals surface area (Å²) in [4.78, 5) is 0. The predicted molar refractivity (Wildman–Crippen MR) is 101 cm³/mol. The first-order valence-corrected chi connectivity index (χ1v) is 8.03. The lowest BCUT2D eigenvalue weighted by molar-refractivity contribution is 0.372. The lowest BCUT2D eigenvalue weighted by atomic mass is 10.0. The van der Waals surface area contributed by atoms with Crippen molar-refractivity contribution in [2.75, 3.05) is 14.2 Å². The zero-order valence-electron chi connectivity index (χ0n) is 14.9. The fourth-order valence-electron chi connectivity index (χ4n) is 2.54. The summed E-state index contributed by atoms with van der Waals surface area (Å²) < 4.78 is 10.5. The SMILES string of the molecule is C=C(C)C=Cc1cc(CCc2cc(O)cc(OC)c2)cc(OC)c1O. The quantitative estimate of drug-likeness (QED) is 0.729. The Hall–Kier alpha value is -2.88. The van der Waals surface area contributed by atoms with Gasteiger partial charge in [0.25, 0.3) is 0 Å². The molecule has 0 saturated heterocycles. The summed E-state index contributed by atoms with van der Waals surface area (Å²) in [5.74, 6) is 1.36. The van der Waals surface area contributed by atoms with E-state index in [-0.39, 0.29) is 11.5 Å². The highest BCUT2D eigenvalue weighted by atomic mass is 16.5. The van der Waals surface area contributed by atoms with E-state index < -0.39 is 0 Å². The maximum absolute atomic E-state index is 10.3. The molecule has 0 fully saturated rings. The van der Waals surface area contributed by atoms with Crippen molar-refractivity contribution in [3.63, 3.8) is 0 Å². The fourth-order valence-corrected chi connectivity index (χ4v) is 2.54. The van der Waals surface area contributed by atoms with E-state index in [0.717, 1.165) is 29.5 Å². The van der Waals surface area contributed by atoms with Crippen LogP contribution >= 0.6 is 0 Å². The largest absolute Gasteiger partial charge is 0.508 e. The Morgan fingerprint density at radius 3 is 2.28 bits per heavy atom. The number of hydrogen-bond acceptors (Lipinski definition) is 4. The highest BCUT2D eigenvalue weighted by Gasteiger charge is 2.09. The Balaban J connectivity index is 2.25. The van der Waals surface area contributed by atoms with Crippen molar-refractivity contribution < 1.29 is 19.7 Å². The molecule has 0 aromatic heterocycles. The van der Waals surface area contributed by atoms with Crippen LogP contribution in [0, 0.1) is 0 Å². The van der Waals surface area contributed by atoms with Crippen LogP contribution in [-0.4, -0.2) is 24.4 Å². The van der Waals surface area contributed by atoms with Gasteiger partial charge >= 0.3 is 0 Å². The molecular formula is C21H24O4. The molecule has 2 rings (SSSR count). The highest BCUT2D eigenvalue weighted by Crippen LogP contribution is 2.33. The van der Waals surface area contributed by atoms with Crippen LogP contribution in [0.15, 0.2) is 48.6 Å². The molecule has 0 aliphatic heterocycles. The average molecular weight is 340 g/mol. The van der Waals surface area contributed by atoms with Crippen LogP contribution in [0.25, 0.3) is 6.08 Å². The van der Waals surface area contributed by atoms with Gasteiger partial charge in [-0.1, -0.05) is 24.3 Å². The molecule has 0 aliphatic carbocycles. The number of phenolic OH excluding ortho intramolecular Hbond substituents is 2. The summed E-state index contributed by atoms with van der Waals surface area (Å²) in [6, 6.07) is 8.96. The van der Waals surface area contributed by atoms with Gasteiger partial charge in [0.15, 0.2) is 11.5 Å². The van der Waals surface area contributed by atoms with Gasteiger partial charge in [0.1, 0.15) is 11.5 Å². The van der Waals surface area contributed by atoms with Gasteiger partial charge in [-0.25, -0.2) is 0 Å². The molecule has 0 amide bonds. The van der Waals surface area contributed by atoms with E-state index in [1.54, 1.807) is 19.2 Å². The molecule has 25 heavy (non-hydrogen) atoms. The maximum atomic E-state index is 10.3. The van der Waals surface area contributed by atoms with Crippen LogP contribution in [0.5, 0.6) is 23.0 Å². The van der Waals surface area contributed by atoms with Crippen molar-refractivity contribution in [1.29, 1.82) is 0 Å². The number of benzene rings is 2. The standard InChI is InChI=1S/C21H24O4/c1-14(2)5-8-17-9-15(12-20(25-4)21(17)23)6-7-16-10-18(22)13-19(11-16)24-3/h5,8-13,22-23H,1,6-7H2,2-4H3. The zero-order chi connectivity index (χ0) is 18.4. The first kappa shape index (κ1) is 18.5. The lowest BCUT2D eigenvalue weighted by Gasteiger charge is -2.11. The predicted octanol–water partition coefficient (Wildman–Crippen LogP) is 4.49. The van der Waals surface area contributed by atoms with Crippen molar-refractivity contribution in [2.24, 2.45) is 0 Å². The van der Waals surface area contributed by atoms with Gasteiger partial charge in [-0.3, -0.25) is 0 Å². The Bertz CT molecular complexity index is 791. The van der Waals surface area contributed by atoms with Gasteiger partial charge in [-0.05, 0) is 55.2 Å². The molecule has 0 aliphatic rings. The topological polar surface area (TPSA) is 58.9 Å². The van der Waals surface area contributed by atoms with Gasteiger partial charge in [0, 0.05) is 11.6 Å². The normalized spacial score (nSPS) is 10.8. The molecule has 0 heterocycles. The molecule has 0 bridgehead atoms. The molecule has 132 valence electrons. The van der Waals surface area contributed by atoms with Crippen LogP contribution in [0.1, 0.15) is 23.6 Å². The van der Waals surface area contributed by atoms with Crippen molar-refractivity contribution in [2.45, 2.75) is 19.8 Å². The minimum Gasteiger partial charge on any atom is -0.508 e. The highest BCUT2D eigenvalue weighted by molar-refractivity contribution is 5.64. The Labute approximate surface area is 148 Å². The minimum atomic E-state index is 0.114. The summed E-state index contributed by atoms with van der Waals surface area (Å²) in [5, 5.41) is 20.0. The number of ether oxygens (including phenoxy) is 2. The third-order valence-electron chi connectivity index (χ3n) is 3.82. The second-order valence-corrected chi connectivity index (χ2v) is 5.95. The van der Waals surface area contributed by atoms with Gasteiger partial charge in [-0.2, -0.15) is 0 Å². The lowest BCUT2D eigenvalue weighted by Crippen LogP contribution is -1.95. The van der Waals surface area contributed by atoms with E-state index in [9.17, 15) is 10.2 Å². The van der Waals surface area contributed by atoms with Crippen LogP contribution < -0.4 is 9.47 Å². The second kappa shape index (κ2) is 8.29. The fraction of sp³-hybridized carbons (Fsp3) is 0.238. The molecule has 0 unspecified atom stereocenters. The number of aromatic hydroxyl groups is 2. The summed E-state index contributed by atoms with van der Waals surface area (Å²) in [7, 11) is 3.11. The van der Waals surface area contributed by atoms with Crippen molar-refractivity contribution in [1.82, 2.24) is 0 Å².